The van der Waals surface area contributed by atoms with Crippen molar-refractivity contribution in [2.75, 3.05) is 13.1 Å². The number of rotatable bonds is 7. The summed E-state index contributed by atoms with van der Waals surface area (Å²) in [5.41, 5.74) is 0.688. The Balaban J connectivity index is 1.78. The van der Waals surface area contributed by atoms with Crippen LogP contribution in [0, 0.1) is 18.7 Å². The molecular formula is C19H24FN5O3. The van der Waals surface area contributed by atoms with Gasteiger partial charge in [0.05, 0.1) is 0 Å². The van der Waals surface area contributed by atoms with E-state index in [0.717, 1.165) is 12.8 Å². The zero-order valence-electron chi connectivity index (χ0n) is 15.8. The Labute approximate surface area is 162 Å². The van der Waals surface area contributed by atoms with E-state index in [2.05, 4.69) is 15.5 Å². The summed E-state index contributed by atoms with van der Waals surface area (Å²) in [4.78, 5) is 25.9. The van der Waals surface area contributed by atoms with E-state index in [0.29, 0.717) is 30.9 Å². The van der Waals surface area contributed by atoms with Gasteiger partial charge >= 0.3 is 5.97 Å². The highest BCUT2D eigenvalue weighted by molar-refractivity contribution is 5.81. The van der Waals surface area contributed by atoms with Gasteiger partial charge in [-0.05, 0) is 60.2 Å². The molecule has 0 bridgehead atoms. The molecule has 0 spiro atoms. The molecule has 2 unspecified atom stereocenters. The molecule has 1 aromatic carbocycles. The quantitative estimate of drug-likeness (QED) is 0.777. The molecule has 1 amide bonds. The molecule has 3 rings (SSSR count). The number of carbonyl (C=O) groups is 2. The van der Waals surface area contributed by atoms with Gasteiger partial charge in [0.2, 0.25) is 5.91 Å². The number of aromatic nitrogens is 4. The lowest BCUT2D eigenvalue weighted by atomic mass is 9.92. The molecule has 2 aromatic rings. The first-order valence-corrected chi connectivity index (χ1v) is 9.43. The molecule has 1 saturated heterocycles. The molecule has 1 aliphatic rings. The number of aliphatic carboxylic acids is 1. The fraction of sp³-hybridized carbons (Fsp3) is 0.526. The maximum Gasteiger partial charge on any atom is 0.303 e. The number of hydrogen-bond acceptors (Lipinski definition) is 5. The van der Waals surface area contributed by atoms with E-state index >= 15 is 0 Å². The molecule has 150 valence electrons. The number of hydrogen-bond donors (Lipinski definition) is 1. The number of benzene rings is 1. The van der Waals surface area contributed by atoms with Crippen molar-refractivity contribution in [1.82, 2.24) is 25.1 Å². The molecular weight excluding hydrogens is 365 g/mol. The van der Waals surface area contributed by atoms with E-state index in [1.54, 1.807) is 24.0 Å². The maximum absolute atomic E-state index is 13.6. The molecule has 9 heteroatoms. The van der Waals surface area contributed by atoms with Gasteiger partial charge in [0.1, 0.15) is 17.7 Å². The first kappa shape index (κ1) is 19.9. The number of aryl methyl sites for hydroxylation is 1. The van der Waals surface area contributed by atoms with Gasteiger partial charge in [-0.2, -0.15) is 0 Å². The number of amides is 1. The van der Waals surface area contributed by atoms with E-state index in [9.17, 15) is 14.0 Å². The summed E-state index contributed by atoms with van der Waals surface area (Å²) in [5, 5.41) is 20.4. The highest BCUT2D eigenvalue weighted by atomic mass is 19.1. The van der Waals surface area contributed by atoms with Gasteiger partial charge in [0.15, 0.2) is 0 Å². The lowest BCUT2D eigenvalue weighted by Crippen LogP contribution is -2.44. The highest BCUT2D eigenvalue weighted by Crippen LogP contribution is 2.25. The monoisotopic (exact) mass is 389 g/mol. The zero-order valence-corrected chi connectivity index (χ0v) is 15.8. The molecule has 1 aromatic heterocycles. The minimum Gasteiger partial charge on any atom is -0.481 e. The molecule has 28 heavy (non-hydrogen) atoms. The fourth-order valence-electron chi connectivity index (χ4n) is 3.73. The molecule has 0 radical (unpaired) electrons. The van der Waals surface area contributed by atoms with Gasteiger partial charge in [0.25, 0.3) is 0 Å². The predicted octanol–water partition coefficient (Wildman–Crippen LogP) is 2.01. The summed E-state index contributed by atoms with van der Waals surface area (Å²) < 4.78 is 15.1. The van der Waals surface area contributed by atoms with E-state index in [1.165, 1.54) is 16.8 Å². The number of carboxylic acid groups (broad SMARTS) is 1. The van der Waals surface area contributed by atoms with Crippen molar-refractivity contribution in [3.63, 3.8) is 0 Å². The van der Waals surface area contributed by atoms with Crippen molar-refractivity contribution in [1.29, 1.82) is 0 Å². The Bertz CT molecular complexity index is 840. The summed E-state index contributed by atoms with van der Waals surface area (Å²) in [6, 6.07) is 5.48. The zero-order chi connectivity index (χ0) is 20.1. The van der Waals surface area contributed by atoms with Crippen molar-refractivity contribution in [2.45, 2.75) is 45.1 Å². The number of nitrogens with zero attached hydrogens (tertiary/aromatic N) is 5. The lowest BCUT2D eigenvalue weighted by molar-refractivity contribution is -0.138. The predicted molar refractivity (Wildman–Crippen MR) is 97.9 cm³/mol. The third-order valence-corrected chi connectivity index (χ3v) is 5.15. The van der Waals surface area contributed by atoms with Crippen LogP contribution in [-0.4, -0.2) is 55.2 Å². The molecule has 8 nitrogen and oxygen atoms in total. The van der Waals surface area contributed by atoms with E-state index in [-0.39, 0.29) is 30.5 Å². The van der Waals surface area contributed by atoms with E-state index in [4.69, 9.17) is 5.11 Å². The van der Waals surface area contributed by atoms with Crippen molar-refractivity contribution >= 4 is 11.9 Å². The fourth-order valence-corrected chi connectivity index (χ4v) is 3.73. The van der Waals surface area contributed by atoms with Crippen molar-refractivity contribution in [2.24, 2.45) is 5.92 Å². The van der Waals surface area contributed by atoms with Crippen LogP contribution in [0.2, 0.25) is 0 Å². The van der Waals surface area contributed by atoms with Crippen molar-refractivity contribution in [3.8, 4) is 0 Å². The van der Waals surface area contributed by atoms with Crippen LogP contribution >= 0.6 is 0 Å². The second-order valence-corrected chi connectivity index (χ2v) is 7.25. The van der Waals surface area contributed by atoms with Crippen LogP contribution in [-0.2, 0) is 16.0 Å². The molecule has 1 N–H and O–H groups in total. The standard InChI is InChI=1S/C19H24FN5O3/c1-13-21-22-23-25(13)17(11-15-4-2-6-16(20)10-15)19(28)24-9-3-5-14(12-24)7-8-18(26)27/h2,4,6,10,14,17H,3,5,7-9,11-12H2,1H3,(H,26,27). The van der Waals surface area contributed by atoms with Crippen LogP contribution in [0.3, 0.4) is 0 Å². The molecule has 1 aliphatic heterocycles. The van der Waals surface area contributed by atoms with Crippen LogP contribution in [0.25, 0.3) is 0 Å². The SMILES string of the molecule is Cc1nnnn1C(Cc1cccc(F)c1)C(=O)N1CCCC(CCC(=O)O)C1. The van der Waals surface area contributed by atoms with Gasteiger partial charge < -0.3 is 10.0 Å². The minimum atomic E-state index is -0.822. The Morgan fingerprint density at radius 3 is 2.89 bits per heavy atom. The van der Waals surface area contributed by atoms with Gasteiger partial charge in [0, 0.05) is 25.9 Å². The summed E-state index contributed by atoms with van der Waals surface area (Å²) >= 11 is 0. The Morgan fingerprint density at radius 2 is 2.21 bits per heavy atom. The first-order valence-electron chi connectivity index (χ1n) is 9.43. The topological polar surface area (TPSA) is 101 Å². The summed E-state index contributed by atoms with van der Waals surface area (Å²) in [7, 11) is 0. The number of carboxylic acids is 1. The smallest absolute Gasteiger partial charge is 0.303 e. The van der Waals surface area contributed by atoms with Crippen molar-refractivity contribution in [3.05, 3.63) is 41.5 Å². The van der Waals surface area contributed by atoms with Crippen molar-refractivity contribution < 1.29 is 19.1 Å². The Kier molecular flexibility index (Phi) is 6.33. The number of carbonyl (C=O) groups excluding carboxylic acids is 1. The first-order chi connectivity index (χ1) is 13.4. The summed E-state index contributed by atoms with van der Waals surface area (Å²) in [6.07, 6.45) is 2.68. The van der Waals surface area contributed by atoms with Crippen LogP contribution in [0.1, 0.15) is 43.1 Å². The average molecular weight is 389 g/mol. The van der Waals surface area contributed by atoms with Crippen LogP contribution in [0.5, 0.6) is 0 Å². The minimum absolute atomic E-state index is 0.103. The van der Waals surface area contributed by atoms with Gasteiger partial charge in [-0.1, -0.05) is 12.1 Å². The lowest BCUT2D eigenvalue weighted by Gasteiger charge is -2.35. The number of likely N-dealkylation sites (tertiary alicyclic amines) is 1. The second-order valence-electron chi connectivity index (χ2n) is 7.25. The largest absolute Gasteiger partial charge is 0.481 e. The number of tetrazole rings is 1. The van der Waals surface area contributed by atoms with Gasteiger partial charge in [-0.25, -0.2) is 9.07 Å². The van der Waals surface area contributed by atoms with Gasteiger partial charge in [-0.3, -0.25) is 9.59 Å². The average Bonchev–Trinajstić information content (AvgIpc) is 3.10. The summed E-state index contributed by atoms with van der Waals surface area (Å²) in [6.45, 7) is 2.86. The van der Waals surface area contributed by atoms with Crippen LogP contribution < -0.4 is 0 Å². The third kappa shape index (κ3) is 4.90. The molecule has 1 fully saturated rings. The van der Waals surface area contributed by atoms with E-state index in [1.807, 2.05) is 0 Å². The third-order valence-electron chi connectivity index (χ3n) is 5.15. The molecule has 0 aliphatic carbocycles. The maximum atomic E-state index is 13.6. The summed E-state index contributed by atoms with van der Waals surface area (Å²) in [5.74, 6) is -0.631. The molecule has 0 saturated carbocycles. The second kappa shape index (κ2) is 8.90. The van der Waals surface area contributed by atoms with Gasteiger partial charge in [-0.15, -0.1) is 5.10 Å². The normalized spacial score (nSPS) is 18.1. The highest BCUT2D eigenvalue weighted by Gasteiger charge is 2.32. The number of halogens is 1. The van der Waals surface area contributed by atoms with Crippen LogP contribution in [0.4, 0.5) is 4.39 Å². The molecule has 2 atom stereocenters. The Morgan fingerprint density at radius 1 is 1.39 bits per heavy atom. The Hall–Kier alpha value is -2.84. The van der Waals surface area contributed by atoms with E-state index < -0.39 is 12.0 Å². The molecule has 2 heterocycles. The van der Waals surface area contributed by atoms with Crippen LogP contribution in [0.15, 0.2) is 24.3 Å². The number of piperidine rings is 1.